The number of nitrogens with two attached hydrogens (primary N) is 1. The minimum atomic E-state index is -0.998. The van der Waals surface area contributed by atoms with Crippen LogP contribution in [0.2, 0.25) is 20.1 Å². The van der Waals surface area contributed by atoms with Crippen molar-refractivity contribution in [2.75, 3.05) is 23.7 Å². The maximum atomic E-state index is 15.2. The van der Waals surface area contributed by atoms with Crippen LogP contribution in [0.4, 0.5) is 15.8 Å². The summed E-state index contributed by atoms with van der Waals surface area (Å²) in [4.78, 5) is 35.8. The van der Waals surface area contributed by atoms with E-state index in [9.17, 15) is 14.9 Å². The number of carbonyl (C=O) groups excluding carboxylic acids is 1. The molecule has 2 aliphatic rings. The Morgan fingerprint density at radius 1 is 1.19 bits per heavy atom. The second kappa shape index (κ2) is 13.0. The Balaban J connectivity index is 1.92. The molecular formula is C33H32Cl4FN7O2. The molecule has 0 saturated carbocycles. The monoisotopic (exact) mass is 717 g/mol. The molecule has 0 unspecified atom stereocenters. The summed E-state index contributed by atoms with van der Waals surface area (Å²) in [5.74, 6) is -1.21. The lowest BCUT2D eigenvalue weighted by atomic mass is 9.94. The lowest BCUT2D eigenvalue weighted by Gasteiger charge is -2.45. The van der Waals surface area contributed by atoms with E-state index >= 15 is 4.39 Å². The Bertz CT molecular complexity index is 1980. The predicted molar refractivity (Wildman–Crippen MR) is 189 cm³/mol. The van der Waals surface area contributed by atoms with Crippen molar-refractivity contribution < 1.29 is 9.18 Å². The highest BCUT2D eigenvalue weighted by atomic mass is 35.5. The Morgan fingerprint density at radius 2 is 1.83 bits per heavy atom. The van der Waals surface area contributed by atoms with E-state index in [-0.39, 0.29) is 67.5 Å². The maximum absolute atomic E-state index is 15.2. The quantitative estimate of drug-likeness (QED) is 0.123. The highest BCUT2D eigenvalue weighted by Gasteiger charge is 2.36. The average molecular weight is 719 g/mol. The van der Waals surface area contributed by atoms with Gasteiger partial charge in [0.25, 0.3) is 5.56 Å². The van der Waals surface area contributed by atoms with E-state index in [0.717, 1.165) is 5.57 Å². The number of carbonyl (C=O) groups is 1. The van der Waals surface area contributed by atoms with Gasteiger partial charge in [-0.25, -0.2) is 9.37 Å². The molecule has 0 aliphatic carbocycles. The first kappa shape index (κ1) is 34.6. The van der Waals surface area contributed by atoms with Crippen LogP contribution in [0.3, 0.4) is 0 Å². The largest absolute Gasteiger partial charge is 0.396 e. The summed E-state index contributed by atoms with van der Waals surface area (Å²) in [6.07, 6.45) is 4.89. The number of benzene rings is 1. The van der Waals surface area contributed by atoms with E-state index in [0.29, 0.717) is 29.9 Å². The third kappa shape index (κ3) is 5.63. The summed E-state index contributed by atoms with van der Waals surface area (Å²) in [6.45, 7) is 13.8. The van der Waals surface area contributed by atoms with Gasteiger partial charge in [-0.15, -0.1) is 0 Å². The fraction of sp³-hybridized carbons (Fsp3) is 0.333. The number of aromatic nitrogens is 2. The first-order chi connectivity index (χ1) is 22.2. The fourth-order valence-electron chi connectivity index (χ4n) is 6.53. The van der Waals surface area contributed by atoms with Crippen molar-refractivity contribution in [1.82, 2.24) is 19.8 Å². The minimum Gasteiger partial charge on any atom is -0.396 e. The SMILES string of the molecule is C=CC(=O)N1[C@H](C)CN(c2c(C#N)c(=O)n(C3=C(C)C=CN[C@@H]3C(C)C)c3nc(-c4c(N)c(F)c(Cl)c(Cl)c4Cl)c(Cl)cc23)C[C@@H]1C. The van der Waals surface area contributed by atoms with E-state index < -0.39 is 22.1 Å². The van der Waals surface area contributed by atoms with Gasteiger partial charge in [0.05, 0.1) is 48.9 Å². The van der Waals surface area contributed by atoms with Crippen LogP contribution in [0.5, 0.6) is 0 Å². The van der Waals surface area contributed by atoms with Crippen molar-refractivity contribution in [3.63, 3.8) is 0 Å². The van der Waals surface area contributed by atoms with Crippen LogP contribution in [-0.4, -0.2) is 51.6 Å². The van der Waals surface area contributed by atoms with E-state index in [4.69, 9.17) is 57.1 Å². The maximum Gasteiger partial charge on any atom is 0.276 e. The third-order valence-corrected chi connectivity index (χ3v) is 10.2. The molecule has 14 heteroatoms. The molecule has 1 fully saturated rings. The molecule has 3 atom stereocenters. The van der Waals surface area contributed by atoms with Gasteiger partial charge in [0.2, 0.25) is 5.91 Å². The van der Waals surface area contributed by atoms with E-state index in [2.05, 4.69) is 18.0 Å². The molecule has 246 valence electrons. The molecule has 3 N–H and O–H groups in total. The zero-order valence-corrected chi connectivity index (χ0v) is 29.3. The summed E-state index contributed by atoms with van der Waals surface area (Å²) >= 11 is 25.8. The highest BCUT2D eigenvalue weighted by Crippen LogP contribution is 2.47. The van der Waals surface area contributed by atoms with Gasteiger partial charge in [0, 0.05) is 36.1 Å². The zero-order chi connectivity index (χ0) is 34.6. The van der Waals surface area contributed by atoms with Crippen LogP contribution in [-0.2, 0) is 4.79 Å². The van der Waals surface area contributed by atoms with Crippen molar-refractivity contribution in [1.29, 1.82) is 5.26 Å². The van der Waals surface area contributed by atoms with Crippen molar-refractivity contribution in [2.45, 2.75) is 52.7 Å². The number of halogens is 5. The lowest BCUT2D eigenvalue weighted by Crippen LogP contribution is -2.58. The molecule has 1 amide bonds. The van der Waals surface area contributed by atoms with Crippen LogP contribution in [0.1, 0.15) is 40.2 Å². The number of fused-ring (bicyclic) bond motifs is 1. The van der Waals surface area contributed by atoms with Crippen LogP contribution in [0.25, 0.3) is 28.0 Å². The number of nitrogen functional groups attached to an aromatic ring is 1. The summed E-state index contributed by atoms with van der Waals surface area (Å²) in [5, 5.41) is 13.4. The number of allylic oxidation sites excluding steroid dienone is 2. The van der Waals surface area contributed by atoms with E-state index in [1.54, 1.807) is 17.2 Å². The molecule has 4 heterocycles. The lowest BCUT2D eigenvalue weighted by molar-refractivity contribution is -0.130. The minimum absolute atomic E-state index is 0.00794. The number of hydrogen-bond acceptors (Lipinski definition) is 7. The number of pyridine rings is 2. The number of dihydropyridines is 1. The van der Waals surface area contributed by atoms with E-state index in [1.807, 2.05) is 45.6 Å². The zero-order valence-electron chi connectivity index (χ0n) is 26.3. The van der Waals surface area contributed by atoms with Crippen molar-refractivity contribution in [3.8, 4) is 17.3 Å². The fourth-order valence-corrected chi connectivity index (χ4v) is 7.48. The molecule has 0 spiro atoms. The Hall–Kier alpha value is -3.75. The Kier molecular flexibility index (Phi) is 9.59. The molecule has 1 saturated heterocycles. The van der Waals surface area contributed by atoms with Crippen LogP contribution >= 0.6 is 46.4 Å². The van der Waals surface area contributed by atoms with Gasteiger partial charge in [-0.1, -0.05) is 66.8 Å². The standard InChI is InChI=1S/C33H32Cl4FN7O2/c1-7-21(46)44-16(5)12-43(13-17(44)6)31-18-10-20(34)29(22-23(35)24(36)25(37)26(38)27(22)40)42-32(18)45(33(47)19(31)11-39)30-15(4)8-9-41-28(30)14(2)3/h7-10,14,16-17,28,41H,1,12-13,40H2,2-6H3/t16-,17+,28-/m1/s1. The Morgan fingerprint density at radius 3 is 2.40 bits per heavy atom. The predicted octanol–water partition coefficient (Wildman–Crippen LogP) is 7.25. The van der Waals surface area contributed by atoms with Gasteiger partial charge < -0.3 is 20.9 Å². The Labute approximate surface area is 291 Å². The number of nitrogens with one attached hydrogen (secondary N) is 1. The van der Waals surface area contributed by atoms with Crippen LogP contribution in [0.15, 0.2) is 41.4 Å². The summed E-state index contributed by atoms with van der Waals surface area (Å²) in [5.41, 5.74) is 6.66. The number of rotatable bonds is 5. The molecule has 5 rings (SSSR count). The molecule has 47 heavy (non-hydrogen) atoms. The number of hydrogen-bond donors (Lipinski definition) is 2. The van der Waals surface area contributed by atoms with Gasteiger partial charge in [-0.05, 0) is 56.7 Å². The van der Waals surface area contributed by atoms with Gasteiger partial charge in [-0.3, -0.25) is 14.2 Å². The number of anilines is 2. The topological polar surface area (TPSA) is 120 Å². The number of amides is 1. The molecule has 3 aromatic rings. The van der Waals surface area contributed by atoms with Gasteiger partial charge >= 0.3 is 0 Å². The first-order valence-electron chi connectivity index (χ1n) is 14.8. The molecule has 2 aliphatic heterocycles. The average Bonchev–Trinajstić information content (AvgIpc) is 3.02. The summed E-state index contributed by atoms with van der Waals surface area (Å²) in [6, 6.07) is 2.77. The summed E-state index contributed by atoms with van der Waals surface area (Å²) < 4.78 is 16.6. The van der Waals surface area contributed by atoms with Gasteiger partial charge in [-0.2, -0.15) is 5.26 Å². The van der Waals surface area contributed by atoms with Crippen molar-refractivity contribution in [2.24, 2.45) is 5.92 Å². The smallest absolute Gasteiger partial charge is 0.276 e. The second-order valence-electron chi connectivity index (χ2n) is 12.1. The number of nitrogens with zero attached hydrogens (tertiary/aromatic N) is 5. The molecule has 0 bridgehead atoms. The number of piperazine rings is 1. The van der Waals surface area contributed by atoms with Crippen molar-refractivity contribution >= 4 is 80.4 Å². The van der Waals surface area contributed by atoms with Gasteiger partial charge in [0.1, 0.15) is 17.3 Å². The first-order valence-corrected chi connectivity index (χ1v) is 16.3. The second-order valence-corrected chi connectivity index (χ2v) is 13.6. The van der Waals surface area contributed by atoms with E-state index in [1.165, 1.54) is 10.6 Å². The number of nitriles is 1. The third-order valence-electron chi connectivity index (χ3n) is 8.61. The van der Waals surface area contributed by atoms with Crippen LogP contribution in [0, 0.1) is 23.1 Å². The summed E-state index contributed by atoms with van der Waals surface area (Å²) in [7, 11) is 0. The molecular weight excluding hydrogens is 687 g/mol. The highest BCUT2D eigenvalue weighted by molar-refractivity contribution is 6.50. The van der Waals surface area contributed by atoms with Crippen molar-refractivity contribution in [3.05, 3.63) is 78.4 Å². The molecule has 2 aromatic heterocycles. The molecule has 0 radical (unpaired) electrons. The molecule has 1 aromatic carbocycles. The molecule has 9 nitrogen and oxygen atoms in total. The normalized spacial score (nSPS) is 19.7. The van der Waals surface area contributed by atoms with Gasteiger partial charge in [0.15, 0.2) is 5.82 Å². The van der Waals surface area contributed by atoms with Crippen LogP contribution < -0.4 is 21.5 Å².